The molecule has 1 heterocycles. The Balaban J connectivity index is 1.46. The summed E-state index contributed by atoms with van der Waals surface area (Å²) in [6, 6.07) is 21.8. The lowest BCUT2D eigenvalue weighted by Gasteiger charge is -2.17. The molecule has 0 atom stereocenters. The monoisotopic (exact) mass is 334 g/mol. The summed E-state index contributed by atoms with van der Waals surface area (Å²) >= 11 is 0. The minimum absolute atomic E-state index is 0.0775. The van der Waals surface area contributed by atoms with E-state index in [-0.39, 0.29) is 6.03 Å². The summed E-state index contributed by atoms with van der Waals surface area (Å²) in [4.78, 5) is 13.8. The molecule has 5 nitrogen and oxygen atoms in total. The third-order valence-electron chi connectivity index (χ3n) is 3.93. The van der Waals surface area contributed by atoms with Crippen molar-refractivity contribution in [1.82, 2.24) is 20.0 Å². The van der Waals surface area contributed by atoms with E-state index in [0.717, 1.165) is 16.9 Å². The first-order valence-electron chi connectivity index (χ1n) is 8.35. The first-order chi connectivity index (χ1) is 12.2. The van der Waals surface area contributed by atoms with Crippen LogP contribution in [0.2, 0.25) is 0 Å². The van der Waals surface area contributed by atoms with Gasteiger partial charge in [-0.25, -0.2) is 9.48 Å². The van der Waals surface area contributed by atoms with Gasteiger partial charge in [-0.05, 0) is 23.8 Å². The predicted octanol–water partition coefficient (Wildman–Crippen LogP) is 3.26. The molecule has 2 aromatic carbocycles. The number of benzene rings is 2. The molecule has 0 unspecified atom stereocenters. The third-order valence-corrected chi connectivity index (χ3v) is 3.93. The molecule has 0 aliphatic heterocycles. The van der Waals surface area contributed by atoms with Crippen LogP contribution in [0, 0.1) is 0 Å². The normalized spacial score (nSPS) is 10.4. The lowest BCUT2D eigenvalue weighted by atomic mass is 10.2. The largest absolute Gasteiger partial charge is 0.338 e. The molecule has 0 saturated carbocycles. The molecule has 2 amide bonds. The van der Waals surface area contributed by atoms with Gasteiger partial charge in [-0.2, -0.15) is 5.10 Å². The van der Waals surface area contributed by atoms with E-state index in [9.17, 15) is 4.79 Å². The number of aromatic nitrogens is 2. The number of hydrogen-bond donors (Lipinski definition) is 1. The smallest absolute Gasteiger partial charge is 0.317 e. The van der Waals surface area contributed by atoms with Crippen molar-refractivity contribution >= 4 is 6.03 Å². The van der Waals surface area contributed by atoms with Gasteiger partial charge < -0.3 is 10.2 Å². The van der Waals surface area contributed by atoms with Crippen molar-refractivity contribution in [3.8, 4) is 5.69 Å². The Morgan fingerprint density at radius 2 is 1.72 bits per heavy atom. The topological polar surface area (TPSA) is 50.2 Å². The van der Waals surface area contributed by atoms with Crippen LogP contribution in [0.5, 0.6) is 0 Å². The van der Waals surface area contributed by atoms with Crippen molar-refractivity contribution in [3.05, 3.63) is 84.2 Å². The highest BCUT2D eigenvalue weighted by molar-refractivity contribution is 5.73. The summed E-state index contributed by atoms with van der Waals surface area (Å²) in [6.45, 7) is 1.15. The van der Waals surface area contributed by atoms with Crippen molar-refractivity contribution in [2.45, 2.75) is 13.0 Å². The van der Waals surface area contributed by atoms with Gasteiger partial charge in [-0.1, -0.05) is 48.5 Å². The van der Waals surface area contributed by atoms with Crippen LogP contribution in [0.1, 0.15) is 11.3 Å². The fourth-order valence-electron chi connectivity index (χ4n) is 2.58. The molecule has 0 saturated heterocycles. The highest BCUT2D eigenvalue weighted by atomic mass is 16.2. The molecule has 1 N–H and O–H groups in total. The van der Waals surface area contributed by atoms with Gasteiger partial charge in [0.1, 0.15) is 0 Å². The summed E-state index contributed by atoms with van der Waals surface area (Å²) in [7, 11) is 1.80. The Morgan fingerprint density at radius 1 is 1.04 bits per heavy atom. The van der Waals surface area contributed by atoms with Crippen molar-refractivity contribution in [1.29, 1.82) is 0 Å². The van der Waals surface area contributed by atoms with Crippen molar-refractivity contribution in [3.63, 3.8) is 0 Å². The number of nitrogens with one attached hydrogen (secondary N) is 1. The molecule has 3 aromatic rings. The van der Waals surface area contributed by atoms with Crippen LogP contribution in [-0.2, 0) is 13.0 Å². The van der Waals surface area contributed by atoms with E-state index in [4.69, 9.17) is 0 Å². The molecule has 0 spiro atoms. The summed E-state index contributed by atoms with van der Waals surface area (Å²) in [5.41, 5.74) is 3.09. The molecule has 128 valence electrons. The van der Waals surface area contributed by atoms with Gasteiger partial charge in [0.05, 0.1) is 11.4 Å². The van der Waals surface area contributed by atoms with E-state index in [1.54, 1.807) is 11.9 Å². The molecule has 0 radical (unpaired) electrons. The Labute approximate surface area is 147 Å². The maximum Gasteiger partial charge on any atom is 0.317 e. The van der Waals surface area contributed by atoms with Gasteiger partial charge in [-0.3, -0.25) is 0 Å². The van der Waals surface area contributed by atoms with E-state index >= 15 is 0 Å². The molecular weight excluding hydrogens is 312 g/mol. The maximum atomic E-state index is 12.2. The van der Waals surface area contributed by atoms with Crippen LogP contribution in [0.15, 0.2) is 72.9 Å². The Kier molecular flexibility index (Phi) is 5.46. The molecule has 0 bridgehead atoms. The van der Waals surface area contributed by atoms with Gasteiger partial charge in [0.2, 0.25) is 0 Å². The Morgan fingerprint density at radius 3 is 2.44 bits per heavy atom. The van der Waals surface area contributed by atoms with E-state index in [0.29, 0.717) is 19.5 Å². The second-order valence-corrected chi connectivity index (χ2v) is 5.91. The predicted molar refractivity (Wildman–Crippen MR) is 98.6 cm³/mol. The average molecular weight is 334 g/mol. The van der Waals surface area contributed by atoms with E-state index < -0.39 is 0 Å². The second kappa shape index (κ2) is 8.15. The SMILES string of the molecule is CN(Cc1ccccc1)C(=O)NCCc1ccn(-c2ccccc2)n1. The van der Waals surface area contributed by atoms with Crippen LogP contribution >= 0.6 is 0 Å². The summed E-state index contributed by atoms with van der Waals surface area (Å²) in [6.07, 6.45) is 2.64. The van der Waals surface area contributed by atoms with Crippen LogP contribution < -0.4 is 5.32 Å². The maximum absolute atomic E-state index is 12.2. The first kappa shape index (κ1) is 16.8. The highest BCUT2D eigenvalue weighted by Crippen LogP contribution is 2.07. The van der Waals surface area contributed by atoms with Crippen LogP contribution in [0.4, 0.5) is 4.79 Å². The summed E-state index contributed by atoms with van der Waals surface area (Å²) in [5, 5.41) is 7.48. The minimum Gasteiger partial charge on any atom is -0.338 e. The molecule has 1 aromatic heterocycles. The third kappa shape index (κ3) is 4.70. The van der Waals surface area contributed by atoms with Gasteiger partial charge in [0.25, 0.3) is 0 Å². The van der Waals surface area contributed by atoms with E-state index in [1.807, 2.05) is 77.6 Å². The fraction of sp³-hybridized carbons (Fsp3) is 0.200. The standard InChI is InChI=1S/C20H22N4O/c1-23(16-17-8-4-2-5-9-17)20(25)21-14-12-18-13-15-24(22-18)19-10-6-3-7-11-19/h2-11,13,15H,12,14,16H2,1H3,(H,21,25). The zero-order chi connectivity index (χ0) is 17.5. The number of urea groups is 1. The number of para-hydroxylation sites is 1. The lowest BCUT2D eigenvalue weighted by Crippen LogP contribution is -2.37. The Hall–Kier alpha value is -3.08. The summed E-state index contributed by atoms with van der Waals surface area (Å²) in [5.74, 6) is 0. The first-order valence-corrected chi connectivity index (χ1v) is 8.35. The zero-order valence-corrected chi connectivity index (χ0v) is 14.3. The number of nitrogens with zero attached hydrogens (tertiary/aromatic N) is 3. The fourth-order valence-corrected chi connectivity index (χ4v) is 2.58. The van der Waals surface area contributed by atoms with Crippen LogP contribution in [0.3, 0.4) is 0 Å². The molecule has 0 aliphatic rings. The van der Waals surface area contributed by atoms with E-state index in [2.05, 4.69) is 10.4 Å². The summed E-state index contributed by atoms with van der Waals surface area (Å²) < 4.78 is 1.85. The van der Waals surface area contributed by atoms with Crippen molar-refractivity contribution < 1.29 is 4.79 Å². The molecule has 0 fully saturated rings. The lowest BCUT2D eigenvalue weighted by molar-refractivity contribution is 0.207. The second-order valence-electron chi connectivity index (χ2n) is 5.91. The quantitative estimate of drug-likeness (QED) is 0.752. The number of rotatable bonds is 6. The van der Waals surface area contributed by atoms with Crippen LogP contribution in [0.25, 0.3) is 5.69 Å². The Bertz CT molecular complexity index is 799. The van der Waals surface area contributed by atoms with Crippen molar-refractivity contribution in [2.24, 2.45) is 0 Å². The van der Waals surface area contributed by atoms with E-state index in [1.165, 1.54) is 0 Å². The van der Waals surface area contributed by atoms with Gasteiger partial charge >= 0.3 is 6.03 Å². The molecule has 5 heteroatoms. The van der Waals surface area contributed by atoms with Crippen molar-refractivity contribution in [2.75, 3.05) is 13.6 Å². The zero-order valence-electron chi connectivity index (χ0n) is 14.3. The number of amides is 2. The number of hydrogen-bond acceptors (Lipinski definition) is 2. The van der Waals surface area contributed by atoms with Crippen LogP contribution in [-0.4, -0.2) is 34.3 Å². The molecule has 3 rings (SSSR count). The number of carbonyl (C=O) groups excluding carboxylic acids is 1. The van der Waals surface area contributed by atoms with Gasteiger partial charge in [0, 0.05) is 32.8 Å². The average Bonchev–Trinajstić information content (AvgIpc) is 3.12. The highest BCUT2D eigenvalue weighted by Gasteiger charge is 2.08. The molecule has 25 heavy (non-hydrogen) atoms. The molecular formula is C20H22N4O. The van der Waals surface area contributed by atoms with Gasteiger partial charge in [-0.15, -0.1) is 0 Å². The van der Waals surface area contributed by atoms with Gasteiger partial charge in [0.15, 0.2) is 0 Å². The number of carbonyl (C=O) groups is 1. The minimum atomic E-state index is -0.0775. The molecule has 0 aliphatic carbocycles.